The van der Waals surface area contributed by atoms with Gasteiger partial charge in [-0.3, -0.25) is 24.4 Å². The second kappa shape index (κ2) is 35.1. The summed E-state index contributed by atoms with van der Waals surface area (Å²) in [5.41, 5.74) is -0.511. The van der Waals surface area contributed by atoms with E-state index in [4.69, 9.17) is 19.7 Å². The minimum atomic E-state index is -1.28. The van der Waals surface area contributed by atoms with Crippen LogP contribution in [-0.2, 0) is 19.0 Å². The largest absolute Gasteiger partial charge is 0.468 e. The summed E-state index contributed by atoms with van der Waals surface area (Å²) in [5, 5.41) is 161. The van der Waals surface area contributed by atoms with Crippen LogP contribution in [0.2, 0.25) is 0 Å². The molecule has 5 saturated heterocycles. The fraction of sp³-hybridized carbons (Fsp3) is 0.938. The van der Waals surface area contributed by atoms with Gasteiger partial charge in [0, 0.05) is 73.0 Å². The molecule has 0 aromatic rings. The van der Waals surface area contributed by atoms with Crippen molar-refractivity contribution >= 4 is 18.7 Å². The van der Waals surface area contributed by atoms with Crippen LogP contribution in [0, 0.1) is 5.92 Å². The molecule has 2 amide bonds. The van der Waals surface area contributed by atoms with E-state index in [2.05, 4.69) is 4.74 Å². The van der Waals surface area contributed by atoms with Crippen LogP contribution in [0.1, 0.15) is 52.9 Å². The number of likely N-dealkylation sites (tertiary alicyclic amines) is 5. The van der Waals surface area contributed by atoms with Gasteiger partial charge < -0.3 is 111 Å². The third-order valence-electron chi connectivity index (χ3n) is 14.3. The minimum Gasteiger partial charge on any atom is -0.468 e. The summed E-state index contributed by atoms with van der Waals surface area (Å²) in [6, 6.07) is -2.44. The summed E-state index contributed by atoms with van der Waals surface area (Å²) in [6.45, 7) is 8.69. The predicted octanol–water partition coefficient (Wildman–Crippen LogP) is -8.34. The molecule has 29 nitrogen and oxygen atoms in total. The Kier molecular flexibility index (Phi) is 32.1. The van der Waals surface area contributed by atoms with Crippen molar-refractivity contribution in [2.45, 2.75) is 156 Å². The molecule has 5 aliphatic heterocycles. The zero-order valence-corrected chi connectivity index (χ0v) is 45.2. The maximum absolute atomic E-state index is 12.1. The first kappa shape index (κ1) is 70.3. The minimum absolute atomic E-state index is 0.0725. The van der Waals surface area contributed by atoms with Gasteiger partial charge in [0.05, 0.1) is 88.2 Å². The zero-order chi connectivity index (χ0) is 58.3. The standard InChI is InChI=1S/C17H32N2O6.C12H23NO6.C11H22N2O6.C8H17NO5/c1-17(2,3)25-16(24)18-6-4-11(5-7-18)8-19-9-13(21)15(23)14(22)12(19)10-20;14-7-9-11(17)12(18)10(16)6-13(9)4-2-1-3-5-19-8-15;1-12(2)11(18)19-4-3-13-5-8(15)10(17)9(16)7(13)6-14;10-2-1-9-3-6(12)8(14)7(13)5(9)4-11/h11-15,20-23H,4-10H2,1-3H3;8-12,14,16-18H,1-7H2;7-10,14-17H,3-6H2,1-2H3;5-8,10-14H,1-4H2/t12-,13+,14-,15-;9-,10+,11-,12-;7-,8+,9-,10-;5-,6+,7-,8-/m1111/s1. The first-order valence-electron chi connectivity index (χ1n) is 26.3. The Labute approximate surface area is 450 Å². The Morgan fingerprint density at radius 1 is 0.532 bits per heavy atom. The molecule has 0 radical (unpaired) electrons. The Morgan fingerprint density at radius 2 is 0.922 bits per heavy atom. The molecule has 77 heavy (non-hydrogen) atoms. The third-order valence-corrected chi connectivity index (χ3v) is 14.3. The molecule has 16 atom stereocenters. The lowest BCUT2D eigenvalue weighted by Crippen LogP contribution is -2.63. The van der Waals surface area contributed by atoms with Gasteiger partial charge >= 0.3 is 12.2 Å². The lowest BCUT2D eigenvalue weighted by Gasteiger charge is -2.45. The van der Waals surface area contributed by atoms with Crippen molar-refractivity contribution < 1.29 is 115 Å². The summed E-state index contributed by atoms with van der Waals surface area (Å²) in [6.07, 6.45) is -10.7. The van der Waals surface area contributed by atoms with Crippen molar-refractivity contribution in [3.05, 3.63) is 0 Å². The highest BCUT2D eigenvalue weighted by molar-refractivity contribution is 5.68. The van der Waals surface area contributed by atoms with E-state index in [0.717, 1.165) is 32.1 Å². The van der Waals surface area contributed by atoms with Gasteiger partial charge in [-0.05, 0) is 65.3 Å². The van der Waals surface area contributed by atoms with Crippen molar-refractivity contribution in [1.29, 1.82) is 0 Å². The normalized spacial score (nSPS) is 33.8. The van der Waals surface area contributed by atoms with Crippen LogP contribution in [0.3, 0.4) is 0 Å². The van der Waals surface area contributed by atoms with Crippen LogP contribution < -0.4 is 0 Å². The number of carbonyl (C=O) groups is 3. The molecule has 0 aliphatic carbocycles. The second-order valence-electron chi connectivity index (χ2n) is 21.3. The van der Waals surface area contributed by atoms with Crippen LogP contribution in [0.25, 0.3) is 0 Å². The highest BCUT2D eigenvalue weighted by Gasteiger charge is 2.44. The fourth-order valence-electron chi connectivity index (χ4n) is 9.68. The van der Waals surface area contributed by atoms with Crippen LogP contribution >= 0.6 is 0 Å². The Bertz CT molecular complexity index is 1640. The molecule has 0 saturated carbocycles. The summed E-state index contributed by atoms with van der Waals surface area (Å²) in [7, 11) is 3.12. The average molecular weight is 1120 g/mol. The number of rotatable bonds is 18. The number of hydrogen-bond acceptors (Lipinski definition) is 27. The molecule has 5 rings (SSSR count). The number of aliphatic hydroxyl groups excluding tert-OH is 17. The number of unbranched alkanes of at least 4 members (excludes halogenated alkanes) is 2. The Balaban J connectivity index is 0.000000358. The summed E-state index contributed by atoms with van der Waals surface area (Å²) >= 11 is 0. The predicted molar refractivity (Wildman–Crippen MR) is 270 cm³/mol. The van der Waals surface area contributed by atoms with Gasteiger partial charge in [0.15, 0.2) is 0 Å². The molecule has 5 fully saturated rings. The number of carbonyl (C=O) groups excluding carboxylic acids is 3. The number of ether oxygens (including phenoxy) is 3. The van der Waals surface area contributed by atoms with Gasteiger partial charge in [-0.2, -0.15) is 0 Å². The van der Waals surface area contributed by atoms with E-state index in [9.17, 15) is 91.0 Å². The van der Waals surface area contributed by atoms with Crippen molar-refractivity contribution in [2.75, 3.05) is 126 Å². The summed E-state index contributed by atoms with van der Waals surface area (Å²) in [5.74, 6) is 0.294. The van der Waals surface area contributed by atoms with Crippen LogP contribution in [0.15, 0.2) is 0 Å². The number of hydrogen-bond donors (Lipinski definition) is 17. The summed E-state index contributed by atoms with van der Waals surface area (Å²) < 4.78 is 14.9. The molecule has 0 aromatic carbocycles. The van der Waals surface area contributed by atoms with Crippen molar-refractivity contribution in [3.8, 4) is 0 Å². The molecule has 5 aliphatic rings. The van der Waals surface area contributed by atoms with Gasteiger partial charge in [-0.1, -0.05) is 0 Å². The molecule has 29 heteroatoms. The zero-order valence-electron chi connectivity index (χ0n) is 45.2. The number of amides is 2. The Hall–Kier alpha value is -2.83. The van der Waals surface area contributed by atoms with Crippen LogP contribution in [0.5, 0.6) is 0 Å². The second-order valence-corrected chi connectivity index (χ2v) is 21.3. The lowest BCUT2D eigenvalue weighted by atomic mass is 9.90. The van der Waals surface area contributed by atoms with E-state index in [1.54, 1.807) is 33.7 Å². The van der Waals surface area contributed by atoms with E-state index in [1.807, 2.05) is 25.7 Å². The molecule has 17 N–H and O–H groups in total. The number of nitrogens with zero attached hydrogens (tertiary/aromatic N) is 6. The molecular weight excluding hydrogens is 1030 g/mol. The molecular formula is C48H94N6O23. The molecule has 0 bridgehead atoms. The topological polar surface area (TPSA) is 442 Å². The van der Waals surface area contributed by atoms with Gasteiger partial charge in [-0.15, -0.1) is 0 Å². The maximum Gasteiger partial charge on any atom is 0.410 e. The lowest BCUT2D eigenvalue weighted by molar-refractivity contribution is -0.148. The van der Waals surface area contributed by atoms with Crippen LogP contribution in [-0.4, -0.2) is 364 Å². The van der Waals surface area contributed by atoms with E-state index in [1.165, 1.54) is 4.90 Å². The van der Waals surface area contributed by atoms with Crippen molar-refractivity contribution in [2.24, 2.45) is 5.92 Å². The van der Waals surface area contributed by atoms with Gasteiger partial charge in [0.1, 0.15) is 61.0 Å². The molecule has 5 heterocycles. The first-order valence-corrected chi connectivity index (χ1v) is 26.3. The summed E-state index contributed by atoms with van der Waals surface area (Å²) in [4.78, 5) is 43.0. The van der Waals surface area contributed by atoms with Crippen LogP contribution in [0.4, 0.5) is 9.59 Å². The van der Waals surface area contributed by atoms with Gasteiger partial charge in [0.2, 0.25) is 0 Å². The molecule has 0 aromatic heterocycles. The third kappa shape index (κ3) is 22.2. The SMILES string of the molecule is CC(C)(C)OC(=O)N1CCC(CN2C[C@H](O)[C@@H](O)[C@H](O)[C@H]2CO)CC1.CN(C)C(=O)OCCN1C[C@H](O)[C@@H](O)[C@H](O)[C@H]1CO.O=COCCCCCN1C[C@H](O)[C@@H](O)[C@H](O)[C@H]1CO.OCCN1C[C@H](O)[C@@H](O)[C@H](O)[C@H]1CO. The maximum atomic E-state index is 12.1. The van der Waals surface area contributed by atoms with E-state index < -0.39 is 109 Å². The molecule has 0 spiro atoms. The van der Waals surface area contributed by atoms with Gasteiger partial charge in [-0.25, -0.2) is 9.59 Å². The quantitative estimate of drug-likeness (QED) is 0.0344. The molecule has 454 valence electrons. The fourth-order valence-corrected chi connectivity index (χ4v) is 9.68. The molecule has 0 unspecified atom stereocenters. The van der Waals surface area contributed by atoms with Gasteiger partial charge in [0.25, 0.3) is 6.47 Å². The number of aliphatic hydroxyl groups is 17. The number of β-amino-alcohol motifs (C(OH)–C–C–N with tert-alkyl or cyclic N) is 5. The number of piperidine rings is 5. The highest BCUT2D eigenvalue weighted by atomic mass is 16.6. The highest BCUT2D eigenvalue weighted by Crippen LogP contribution is 2.26. The van der Waals surface area contributed by atoms with Crippen molar-refractivity contribution in [1.82, 2.24) is 29.4 Å². The smallest absolute Gasteiger partial charge is 0.410 e. The first-order chi connectivity index (χ1) is 36.2. The van der Waals surface area contributed by atoms with E-state index >= 15 is 0 Å². The van der Waals surface area contributed by atoms with E-state index in [-0.39, 0.29) is 85.0 Å². The van der Waals surface area contributed by atoms with E-state index in [0.29, 0.717) is 45.2 Å². The Morgan fingerprint density at radius 3 is 1.30 bits per heavy atom. The average Bonchev–Trinajstić information content (AvgIpc) is 3.37. The monoisotopic (exact) mass is 1120 g/mol. The van der Waals surface area contributed by atoms with Crippen molar-refractivity contribution in [3.63, 3.8) is 0 Å².